The van der Waals surface area contributed by atoms with Gasteiger partial charge in [0.2, 0.25) is 5.91 Å². The third-order valence-electron chi connectivity index (χ3n) is 8.63. The van der Waals surface area contributed by atoms with Gasteiger partial charge in [-0.2, -0.15) is 0 Å². The van der Waals surface area contributed by atoms with Gasteiger partial charge in [0, 0.05) is 6.42 Å². The Hall–Kier alpha value is -0.720. The van der Waals surface area contributed by atoms with Crippen molar-refractivity contribution in [1.29, 1.82) is 0 Å². The summed E-state index contributed by atoms with van der Waals surface area (Å²) in [5.74, 6) is -0.0326. The van der Waals surface area contributed by atoms with Gasteiger partial charge < -0.3 is 14.7 Å². The molecule has 46 heavy (non-hydrogen) atoms. The van der Waals surface area contributed by atoms with E-state index in [9.17, 15) is 14.3 Å². The van der Waals surface area contributed by atoms with E-state index in [0.29, 0.717) is 17.4 Å². The van der Waals surface area contributed by atoms with Gasteiger partial charge >= 0.3 is 7.82 Å². The molecule has 0 spiro atoms. The first kappa shape index (κ1) is 45.3. The van der Waals surface area contributed by atoms with Gasteiger partial charge in [-0.25, -0.2) is 4.57 Å². The highest BCUT2D eigenvalue weighted by atomic mass is 31.2. The summed E-state index contributed by atoms with van der Waals surface area (Å²) in [4.78, 5) is 22.9. The van der Waals surface area contributed by atoms with Crippen molar-refractivity contribution in [3.05, 3.63) is 12.2 Å². The number of likely N-dealkylation sites (N-methyl/N-ethyl adjacent to an activating group) is 1. The van der Waals surface area contributed by atoms with Gasteiger partial charge in [0.15, 0.2) is 0 Å². The fourth-order valence-corrected chi connectivity index (χ4v) is 6.29. The first-order valence-electron chi connectivity index (χ1n) is 19.5. The molecule has 2 unspecified atom stereocenters. The van der Waals surface area contributed by atoms with E-state index in [4.69, 9.17) is 9.05 Å². The molecule has 0 bridgehead atoms. The Kier molecular flexibility index (Phi) is 31.0. The Labute approximate surface area is 286 Å². The molecule has 0 rings (SSSR count). The van der Waals surface area contributed by atoms with Crippen LogP contribution >= 0.6 is 7.82 Å². The van der Waals surface area contributed by atoms with Gasteiger partial charge in [-0.05, 0) is 19.3 Å². The molecule has 0 aromatic heterocycles. The van der Waals surface area contributed by atoms with Crippen molar-refractivity contribution in [2.24, 2.45) is 0 Å². The van der Waals surface area contributed by atoms with Crippen LogP contribution in [-0.4, -0.2) is 62.2 Å². The molecule has 7 nitrogen and oxygen atoms in total. The van der Waals surface area contributed by atoms with Crippen LogP contribution in [0.5, 0.6) is 0 Å². The summed E-state index contributed by atoms with van der Waals surface area (Å²) in [6, 6.07) is -0.454. The zero-order valence-electron chi connectivity index (χ0n) is 31.2. The van der Waals surface area contributed by atoms with Crippen LogP contribution in [0, 0.1) is 0 Å². The number of carbonyl (C=O) groups excluding carboxylic acids is 1. The lowest BCUT2D eigenvalue weighted by Crippen LogP contribution is -2.38. The lowest BCUT2D eigenvalue weighted by molar-refractivity contribution is -0.870. The molecular formula is C38H78N2O5P+. The van der Waals surface area contributed by atoms with Gasteiger partial charge in [0.25, 0.3) is 0 Å². The van der Waals surface area contributed by atoms with Crippen molar-refractivity contribution >= 4 is 13.7 Å². The normalized spacial score (nSPS) is 14.1. The molecule has 274 valence electrons. The van der Waals surface area contributed by atoms with Crippen molar-refractivity contribution in [2.75, 3.05) is 40.9 Å². The fraction of sp³-hybridized carbons (Fsp3) is 0.921. The van der Waals surface area contributed by atoms with E-state index in [1.54, 1.807) is 0 Å². The number of allylic oxidation sites excluding steroid dienone is 1. The SMILES string of the molecule is CCCCCCCCCCCCC/C=C/C(COP(=O)(O)OCC[N+](C)(C)C)NC(=O)CCCCCCCCCCCCCCC. The molecule has 0 radical (unpaired) electrons. The minimum atomic E-state index is -4.19. The number of phosphoric acid groups is 1. The number of unbranched alkanes of at least 4 members (excludes halogenated alkanes) is 23. The minimum absolute atomic E-state index is 0.0326. The summed E-state index contributed by atoms with van der Waals surface area (Å²) in [6.07, 6.45) is 36.4. The minimum Gasteiger partial charge on any atom is -0.348 e. The number of amides is 1. The number of carbonyl (C=O) groups is 1. The molecule has 0 aromatic rings. The maximum absolute atomic E-state index is 12.7. The maximum atomic E-state index is 12.7. The zero-order valence-corrected chi connectivity index (χ0v) is 32.1. The predicted molar refractivity (Wildman–Crippen MR) is 197 cm³/mol. The highest BCUT2D eigenvalue weighted by molar-refractivity contribution is 7.47. The van der Waals surface area contributed by atoms with E-state index >= 15 is 0 Å². The van der Waals surface area contributed by atoms with Crippen LogP contribution in [0.1, 0.15) is 181 Å². The first-order chi connectivity index (χ1) is 22.1. The number of nitrogens with one attached hydrogen (secondary N) is 1. The summed E-state index contributed by atoms with van der Waals surface area (Å²) in [5, 5.41) is 3.02. The van der Waals surface area contributed by atoms with Crippen LogP contribution in [0.4, 0.5) is 0 Å². The second-order valence-electron chi connectivity index (χ2n) is 14.5. The van der Waals surface area contributed by atoms with E-state index in [1.165, 1.54) is 135 Å². The molecule has 0 heterocycles. The van der Waals surface area contributed by atoms with Crippen LogP contribution < -0.4 is 5.32 Å². The largest absolute Gasteiger partial charge is 0.472 e. The smallest absolute Gasteiger partial charge is 0.348 e. The average molecular weight is 674 g/mol. The highest BCUT2D eigenvalue weighted by Crippen LogP contribution is 2.43. The number of quaternary nitrogens is 1. The molecule has 0 aliphatic heterocycles. The van der Waals surface area contributed by atoms with Crippen molar-refractivity contribution < 1.29 is 27.8 Å². The van der Waals surface area contributed by atoms with E-state index in [1.807, 2.05) is 27.2 Å². The Morgan fingerprint density at radius 1 is 0.674 bits per heavy atom. The standard InChI is InChI=1S/C38H77N2O5P/c1-6-8-10-12-14-16-18-20-22-24-26-28-30-32-37(36-45-46(42,43)44-35-34-40(3,4)5)39-38(41)33-31-29-27-25-23-21-19-17-15-13-11-9-7-2/h30,32,37H,6-29,31,33-36H2,1-5H3,(H-,39,41,42,43)/p+1/b32-30+. The molecule has 8 heteroatoms. The molecule has 0 aliphatic carbocycles. The Balaban J connectivity index is 4.36. The Morgan fingerprint density at radius 2 is 1.09 bits per heavy atom. The predicted octanol–water partition coefficient (Wildman–Crippen LogP) is 11.0. The van der Waals surface area contributed by atoms with Crippen molar-refractivity contribution in [2.45, 2.75) is 187 Å². The molecule has 0 saturated heterocycles. The summed E-state index contributed by atoms with van der Waals surface area (Å²) >= 11 is 0. The molecule has 0 fully saturated rings. The van der Waals surface area contributed by atoms with Crippen LogP contribution in [0.3, 0.4) is 0 Å². The number of nitrogens with zero attached hydrogens (tertiary/aromatic N) is 1. The molecule has 0 saturated carbocycles. The zero-order chi connectivity index (χ0) is 34.2. The van der Waals surface area contributed by atoms with Crippen LogP contribution in [0.15, 0.2) is 12.2 Å². The maximum Gasteiger partial charge on any atom is 0.472 e. The van der Waals surface area contributed by atoms with E-state index in [0.717, 1.165) is 25.7 Å². The van der Waals surface area contributed by atoms with Crippen molar-refractivity contribution in [1.82, 2.24) is 5.32 Å². The highest BCUT2D eigenvalue weighted by Gasteiger charge is 2.24. The molecule has 0 aliphatic rings. The van der Waals surface area contributed by atoms with E-state index < -0.39 is 13.9 Å². The van der Waals surface area contributed by atoms with Crippen LogP contribution in [0.2, 0.25) is 0 Å². The molecule has 2 atom stereocenters. The third kappa shape index (κ3) is 34.6. The second kappa shape index (κ2) is 31.5. The molecule has 2 N–H and O–H groups in total. The Bertz CT molecular complexity index is 756. The topological polar surface area (TPSA) is 84.9 Å². The summed E-state index contributed by atoms with van der Waals surface area (Å²) in [5.41, 5.74) is 0. The first-order valence-corrected chi connectivity index (χ1v) is 21.0. The molecule has 1 amide bonds. The van der Waals surface area contributed by atoms with Crippen molar-refractivity contribution in [3.63, 3.8) is 0 Å². The third-order valence-corrected chi connectivity index (χ3v) is 9.61. The number of hydrogen-bond donors (Lipinski definition) is 2. The van der Waals surface area contributed by atoms with E-state index in [2.05, 4.69) is 25.2 Å². The quantitative estimate of drug-likeness (QED) is 0.0303. The van der Waals surface area contributed by atoms with Crippen molar-refractivity contribution in [3.8, 4) is 0 Å². The second-order valence-corrected chi connectivity index (χ2v) is 16.0. The van der Waals surface area contributed by atoms with Crippen LogP contribution in [0.25, 0.3) is 0 Å². The lowest BCUT2D eigenvalue weighted by atomic mass is 10.0. The fourth-order valence-electron chi connectivity index (χ4n) is 5.56. The van der Waals surface area contributed by atoms with Gasteiger partial charge in [-0.1, -0.05) is 167 Å². The lowest BCUT2D eigenvalue weighted by Gasteiger charge is -2.24. The number of rotatable bonds is 35. The van der Waals surface area contributed by atoms with Crippen LogP contribution in [-0.2, 0) is 18.4 Å². The number of hydrogen-bond acceptors (Lipinski definition) is 4. The van der Waals surface area contributed by atoms with E-state index in [-0.39, 0.29) is 19.1 Å². The Morgan fingerprint density at radius 3 is 1.52 bits per heavy atom. The van der Waals surface area contributed by atoms with Gasteiger partial charge in [-0.15, -0.1) is 0 Å². The summed E-state index contributed by atoms with van der Waals surface area (Å²) in [6.45, 7) is 5.16. The monoisotopic (exact) mass is 674 g/mol. The summed E-state index contributed by atoms with van der Waals surface area (Å²) < 4.78 is 23.6. The van der Waals surface area contributed by atoms with Gasteiger partial charge in [0.1, 0.15) is 13.2 Å². The molecular weight excluding hydrogens is 595 g/mol. The summed E-state index contributed by atoms with van der Waals surface area (Å²) in [7, 11) is 1.79. The average Bonchev–Trinajstić information content (AvgIpc) is 2.99. The number of phosphoric ester groups is 1. The van der Waals surface area contributed by atoms with Gasteiger partial charge in [0.05, 0.1) is 33.8 Å². The molecule has 0 aromatic carbocycles. The van der Waals surface area contributed by atoms with Gasteiger partial charge in [-0.3, -0.25) is 13.8 Å².